The van der Waals surface area contributed by atoms with Crippen molar-refractivity contribution in [3.8, 4) is 0 Å². The van der Waals surface area contributed by atoms with Crippen molar-refractivity contribution >= 4 is 0 Å². The molecule has 0 heterocycles. The minimum absolute atomic E-state index is 0.127. The lowest BCUT2D eigenvalue weighted by Gasteiger charge is -2.18. The van der Waals surface area contributed by atoms with Gasteiger partial charge < -0.3 is 5.32 Å². The first-order chi connectivity index (χ1) is 7.52. The van der Waals surface area contributed by atoms with Gasteiger partial charge in [-0.05, 0) is 56.0 Å². The second kappa shape index (κ2) is 6.00. The van der Waals surface area contributed by atoms with Gasteiger partial charge in [0, 0.05) is 6.04 Å². The Balaban J connectivity index is 2.68. The zero-order valence-electron chi connectivity index (χ0n) is 10.7. The quantitative estimate of drug-likeness (QED) is 0.804. The van der Waals surface area contributed by atoms with Gasteiger partial charge in [-0.3, -0.25) is 0 Å². The van der Waals surface area contributed by atoms with Gasteiger partial charge in [0.05, 0.1) is 0 Å². The molecule has 2 unspecified atom stereocenters. The fourth-order valence-electron chi connectivity index (χ4n) is 2.15. The third-order valence-corrected chi connectivity index (χ3v) is 2.89. The van der Waals surface area contributed by atoms with E-state index in [9.17, 15) is 4.39 Å². The minimum atomic E-state index is -0.127. The highest BCUT2D eigenvalue weighted by atomic mass is 19.1. The Bertz CT molecular complexity index is 315. The third-order valence-electron chi connectivity index (χ3n) is 2.89. The van der Waals surface area contributed by atoms with Gasteiger partial charge in [-0.15, -0.1) is 0 Å². The molecule has 1 aromatic carbocycles. The van der Waals surface area contributed by atoms with Crippen LogP contribution in [0, 0.1) is 12.7 Å². The van der Waals surface area contributed by atoms with Crippen LogP contribution in [0.15, 0.2) is 18.2 Å². The normalized spacial score (nSPS) is 14.8. The molecule has 0 saturated heterocycles. The Morgan fingerprint density at radius 3 is 2.50 bits per heavy atom. The van der Waals surface area contributed by atoms with E-state index >= 15 is 0 Å². The molecule has 0 aliphatic carbocycles. The standard InChI is InChI=1S/C14H22FN/c1-5-16-12(4)8-11(3)13-6-10(2)7-14(15)9-13/h6-7,9,11-12,16H,5,8H2,1-4H3. The number of nitrogens with one attached hydrogen (secondary N) is 1. The van der Waals surface area contributed by atoms with E-state index in [0.717, 1.165) is 24.1 Å². The summed E-state index contributed by atoms with van der Waals surface area (Å²) in [7, 11) is 0. The topological polar surface area (TPSA) is 12.0 Å². The van der Waals surface area contributed by atoms with E-state index in [2.05, 4.69) is 32.2 Å². The Morgan fingerprint density at radius 1 is 1.25 bits per heavy atom. The van der Waals surface area contributed by atoms with E-state index in [1.165, 1.54) is 0 Å². The SMILES string of the molecule is CCNC(C)CC(C)c1cc(C)cc(F)c1. The summed E-state index contributed by atoms with van der Waals surface area (Å²) in [6, 6.07) is 5.77. The Labute approximate surface area is 98.1 Å². The summed E-state index contributed by atoms with van der Waals surface area (Å²) in [5.41, 5.74) is 2.10. The molecule has 1 N–H and O–H groups in total. The molecule has 0 radical (unpaired) electrons. The maximum absolute atomic E-state index is 13.3. The van der Waals surface area contributed by atoms with Crippen molar-refractivity contribution in [3.63, 3.8) is 0 Å². The van der Waals surface area contributed by atoms with Crippen molar-refractivity contribution < 1.29 is 4.39 Å². The number of aryl methyl sites for hydroxylation is 1. The van der Waals surface area contributed by atoms with E-state index in [-0.39, 0.29) is 5.82 Å². The second-order valence-corrected chi connectivity index (χ2v) is 4.66. The van der Waals surface area contributed by atoms with Gasteiger partial charge in [-0.1, -0.05) is 19.9 Å². The third kappa shape index (κ3) is 3.93. The zero-order chi connectivity index (χ0) is 12.1. The van der Waals surface area contributed by atoms with E-state index in [1.54, 1.807) is 12.1 Å². The molecule has 1 nitrogen and oxygen atoms in total. The first-order valence-electron chi connectivity index (χ1n) is 6.03. The molecule has 16 heavy (non-hydrogen) atoms. The zero-order valence-corrected chi connectivity index (χ0v) is 10.7. The van der Waals surface area contributed by atoms with Crippen molar-refractivity contribution in [2.75, 3.05) is 6.54 Å². The van der Waals surface area contributed by atoms with Gasteiger partial charge in [0.1, 0.15) is 5.82 Å². The number of rotatable bonds is 5. The molecule has 90 valence electrons. The summed E-state index contributed by atoms with van der Waals surface area (Å²) < 4.78 is 13.3. The maximum Gasteiger partial charge on any atom is 0.123 e. The van der Waals surface area contributed by atoms with Crippen LogP contribution in [0.25, 0.3) is 0 Å². The van der Waals surface area contributed by atoms with E-state index in [0.29, 0.717) is 12.0 Å². The van der Waals surface area contributed by atoms with Crippen LogP contribution in [0.1, 0.15) is 44.2 Å². The lowest BCUT2D eigenvalue weighted by molar-refractivity contribution is 0.489. The predicted octanol–water partition coefficient (Wildman–Crippen LogP) is 3.63. The number of benzene rings is 1. The predicted molar refractivity (Wildman–Crippen MR) is 67.3 cm³/mol. The minimum Gasteiger partial charge on any atom is -0.315 e. The van der Waals surface area contributed by atoms with Gasteiger partial charge in [0.2, 0.25) is 0 Å². The van der Waals surface area contributed by atoms with Crippen LogP contribution in [-0.4, -0.2) is 12.6 Å². The monoisotopic (exact) mass is 223 g/mol. The van der Waals surface area contributed by atoms with Crippen LogP contribution in [0.5, 0.6) is 0 Å². The maximum atomic E-state index is 13.3. The summed E-state index contributed by atoms with van der Waals surface area (Å²) in [4.78, 5) is 0. The van der Waals surface area contributed by atoms with Gasteiger partial charge >= 0.3 is 0 Å². The molecule has 0 saturated carbocycles. The molecule has 1 rings (SSSR count). The Hall–Kier alpha value is -0.890. The highest BCUT2D eigenvalue weighted by molar-refractivity contribution is 5.26. The van der Waals surface area contributed by atoms with E-state index < -0.39 is 0 Å². The van der Waals surface area contributed by atoms with Crippen molar-refractivity contribution in [2.24, 2.45) is 0 Å². The van der Waals surface area contributed by atoms with Crippen LogP contribution >= 0.6 is 0 Å². The van der Waals surface area contributed by atoms with E-state index in [1.807, 2.05) is 6.92 Å². The molecule has 2 heteroatoms. The van der Waals surface area contributed by atoms with Gasteiger partial charge in [-0.25, -0.2) is 4.39 Å². The van der Waals surface area contributed by atoms with E-state index in [4.69, 9.17) is 0 Å². The lowest BCUT2D eigenvalue weighted by atomic mass is 9.93. The highest BCUT2D eigenvalue weighted by Gasteiger charge is 2.11. The summed E-state index contributed by atoms with van der Waals surface area (Å²) >= 11 is 0. The van der Waals surface area contributed by atoms with Crippen LogP contribution in [-0.2, 0) is 0 Å². The van der Waals surface area contributed by atoms with Gasteiger partial charge in [0.15, 0.2) is 0 Å². The fraction of sp³-hybridized carbons (Fsp3) is 0.571. The molecule has 0 aliphatic rings. The van der Waals surface area contributed by atoms with Crippen molar-refractivity contribution in [1.82, 2.24) is 5.32 Å². The van der Waals surface area contributed by atoms with Crippen LogP contribution in [0.4, 0.5) is 4.39 Å². The van der Waals surface area contributed by atoms with Gasteiger partial charge in [0.25, 0.3) is 0 Å². The molecule has 0 fully saturated rings. The molecule has 0 amide bonds. The first kappa shape index (κ1) is 13.2. The number of hydrogen-bond acceptors (Lipinski definition) is 1. The van der Waals surface area contributed by atoms with Crippen LogP contribution in [0.2, 0.25) is 0 Å². The first-order valence-corrected chi connectivity index (χ1v) is 6.03. The molecule has 0 aliphatic heterocycles. The highest BCUT2D eigenvalue weighted by Crippen LogP contribution is 2.22. The largest absolute Gasteiger partial charge is 0.315 e. The molecular weight excluding hydrogens is 201 g/mol. The number of hydrogen-bond donors (Lipinski definition) is 1. The molecule has 2 atom stereocenters. The van der Waals surface area contributed by atoms with Crippen LogP contribution in [0.3, 0.4) is 0 Å². The second-order valence-electron chi connectivity index (χ2n) is 4.66. The smallest absolute Gasteiger partial charge is 0.123 e. The van der Waals surface area contributed by atoms with Gasteiger partial charge in [-0.2, -0.15) is 0 Å². The number of halogens is 1. The van der Waals surface area contributed by atoms with Crippen LogP contribution < -0.4 is 5.32 Å². The average molecular weight is 223 g/mol. The van der Waals surface area contributed by atoms with Crippen molar-refractivity contribution in [1.29, 1.82) is 0 Å². The Morgan fingerprint density at radius 2 is 1.94 bits per heavy atom. The summed E-state index contributed by atoms with van der Waals surface area (Å²) in [6.45, 7) is 9.35. The molecule has 0 bridgehead atoms. The Kier molecular flexibility index (Phi) is 4.94. The molecule has 1 aromatic rings. The fourth-order valence-corrected chi connectivity index (χ4v) is 2.15. The lowest BCUT2D eigenvalue weighted by Crippen LogP contribution is -2.26. The van der Waals surface area contributed by atoms with Crippen molar-refractivity contribution in [3.05, 3.63) is 35.1 Å². The molecule has 0 aromatic heterocycles. The summed E-state index contributed by atoms with van der Waals surface area (Å²) in [5, 5.41) is 3.38. The average Bonchev–Trinajstić information content (AvgIpc) is 2.16. The molecule has 0 spiro atoms. The molecular formula is C14H22FN. The summed E-state index contributed by atoms with van der Waals surface area (Å²) in [6.07, 6.45) is 1.04. The van der Waals surface area contributed by atoms with Crippen molar-refractivity contribution in [2.45, 2.75) is 46.1 Å². The summed E-state index contributed by atoms with van der Waals surface area (Å²) in [5.74, 6) is 0.265.